The van der Waals surface area contributed by atoms with Crippen LogP contribution in [0.5, 0.6) is 0 Å². The normalized spacial score (nSPS) is 17.0. The third-order valence-electron chi connectivity index (χ3n) is 5.89. The van der Waals surface area contributed by atoms with E-state index >= 15 is 0 Å². The fraction of sp³-hybridized carbons (Fsp3) is 0.429. The maximum Gasteiger partial charge on any atom is 0.288 e. The highest BCUT2D eigenvalue weighted by Gasteiger charge is 2.23. The zero-order valence-electron chi connectivity index (χ0n) is 17.1. The first kappa shape index (κ1) is 21.5. The van der Waals surface area contributed by atoms with Crippen molar-refractivity contribution < 1.29 is 4.39 Å². The number of nitrogens with zero attached hydrogens (tertiary/aromatic N) is 5. The van der Waals surface area contributed by atoms with Crippen LogP contribution in [0.15, 0.2) is 35.4 Å². The minimum atomic E-state index is -0.760. The molecule has 0 aromatic carbocycles. The molecule has 8 nitrogen and oxygen atoms in total. The van der Waals surface area contributed by atoms with Crippen molar-refractivity contribution in [1.82, 2.24) is 24.8 Å². The predicted octanol–water partition coefficient (Wildman–Crippen LogP) is 3.02. The predicted molar refractivity (Wildman–Crippen MR) is 121 cm³/mol. The van der Waals surface area contributed by atoms with Gasteiger partial charge in [0.25, 0.3) is 5.56 Å². The molecule has 2 aliphatic rings. The van der Waals surface area contributed by atoms with Crippen LogP contribution >= 0.6 is 12.4 Å². The van der Waals surface area contributed by atoms with E-state index in [0.717, 1.165) is 57.5 Å². The van der Waals surface area contributed by atoms with Crippen molar-refractivity contribution in [2.75, 3.05) is 36.4 Å². The Morgan fingerprint density at radius 3 is 2.58 bits per heavy atom. The van der Waals surface area contributed by atoms with Crippen molar-refractivity contribution >= 4 is 40.9 Å². The Hall–Kier alpha value is -2.78. The lowest BCUT2D eigenvalue weighted by Crippen LogP contribution is -2.43. The summed E-state index contributed by atoms with van der Waals surface area (Å²) in [5.41, 5.74) is 0.924. The molecule has 1 aliphatic heterocycles. The lowest BCUT2D eigenvalue weighted by atomic mass is 10.2. The van der Waals surface area contributed by atoms with Gasteiger partial charge in [-0.3, -0.25) is 9.36 Å². The van der Waals surface area contributed by atoms with E-state index in [1.54, 1.807) is 6.20 Å². The molecule has 0 atom stereocenters. The molecule has 3 aromatic rings. The average molecular weight is 446 g/mol. The first-order valence-electron chi connectivity index (χ1n) is 10.5. The second kappa shape index (κ2) is 9.15. The van der Waals surface area contributed by atoms with E-state index in [-0.39, 0.29) is 18.4 Å². The van der Waals surface area contributed by atoms with Crippen molar-refractivity contribution in [3.05, 3.63) is 46.8 Å². The Kier molecular flexibility index (Phi) is 6.33. The van der Waals surface area contributed by atoms with Gasteiger partial charge in [0, 0.05) is 43.8 Å². The number of fused-ring (bicyclic) bond motifs is 1. The van der Waals surface area contributed by atoms with Crippen LogP contribution < -0.4 is 21.1 Å². The molecule has 3 aromatic heterocycles. The molecule has 10 heteroatoms. The van der Waals surface area contributed by atoms with Gasteiger partial charge in [-0.25, -0.2) is 14.4 Å². The number of halogens is 2. The van der Waals surface area contributed by atoms with E-state index in [1.807, 2.05) is 18.3 Å². The topological polar surface area (TPSA) is 88.0 Å². The van der Waals surface area contributed by atoms with Crippen molar-refractivity contribution in [3.63, 3.8) is 0 Å². The van der Waals surface area contributed by atoms with Crippen molar-refractivity contribution in [3.8, 4) is 0 Å². The van der Waals surface area contributed by atoms with Crippen LogP contribution in [0.25, 0.3) is 11.0 Å². The first-order chi connectivity index (χ1) is 14.7. The maximum atomic E-state index is 14.2. The van der Waals surface area contributed by atoms with Gasteiger partial charge >= 0.3 is 0 Å². The monoisotopic (exact) mass is 445 g/mol. The number of hydrogen-bond donors (Lipinski definition) is 2. The SMILES string of the molecule is Cl.O=c1c(F)cc2cnc(Nc3ccc(N4CCNCC4)cn3)nc2n1C1CCCC1. The Balaban J connectivity index is 0.00000231. The summed E-state index contributed by atoms with van der Waals surface area (Å²) in [6.07, 6.45) is 7.18. The first-order valence-corrected chi connectivity index (χ1v) is 10.5. The molecule has 0 amide bonds. The molecule has 31 heavy (non-hydrogen) atoms. The summed E-state index contributed by atoms with van der Waals surface area (Å²) in [7, 11) is 0. The van der Waals surface area contributed by atoms with Gasteiger partial charge in [-0.05, 0) is 31.0 Å². The van der Waals surface area contributed by atoms with Crippen LogP contribution in [0.2, 0.25) is 0 Å². The molecule has 4 heterocycles. The molecule has 0 radical (unpaired) electrons. The van der Waals surface area contributed by atoms with Crippen molar-refractivity contribution in [2.45, 2.75) is 31.7 Å². The summed E-state index contributed by atoms with van der Waals surface area (Å²) in [5, 5.41) is 6.96. The van der Waals surface area contributed by atoms with E-state index in [0.29, 0.717) is 22.8 Å². The molecule has 0 bridgehead atoms. The van der Waals surface area contributed by atoms with Crippen LogP contribution in [0.4, 0.5) is 21.8 Å². The lowest BCUT2D eigenvalue weighted by Gasteiger charge is -2.29. The van der Waals surface area contributed by atoms with Gasteiger partial charge in [0.2, 0.25) is 5.95 Å². The summed E-state index contributed by atoms with van der Waals surface area (Å²) in [5.74, 6) is 0.191. The van der Waals surface area contributed by atoms with E-state index < -0.39 is 11.4 Å². The summed E-state index contributed by atoms with van der Waals surface area (Å²) in [6.45, 7) is 3.84. The minimum absolute atomic E-state index is 0. The van der Waals surface area contributed by atoms with Gasteiger partial charge < -0.3 is 15.5 Å². The smallest absolute Gasteiger partial charge is 0.288 e. The summed E-state index contributed by atoms with van der Waals surface area (Å²) >= 11 is 0. The fourth-order valence-corrected chi connectivity index (χ4v) is 4.33. The molecule has 5 rings (SSSR count). The Labute approximate surface area is 185 Å². The van der Waals surface area contributed by atoms with Gasteiger partial charge in [-0.1, -0.05) is 12.8 Å². The zero-order chi connectivity index (χ0) is 20.5. The fourth-order valence-electron chi connectivity index (χ4n) is 4.33. The summed E-state index contributed by atoms with van der Waals surface area (Å²) in [6, 6.07) is 5.10. The van der Waals surface area contributed by atoms with Gasteiger partial charge in [0.05, 0.1) is 11.9 Å². The third-order valence-corrected chi connectivity index (χ3v) is 5.89. The molecule has 0 unspecified atom stereocenters. The van der Waals surface area contributed by atoms with E-state index in [9.17, 15) is 9.18 Å². The van der Waals surface area contributed by atoms with Crippen LogP contribution in [-0.2, 0) is 0 Å². The largest absolute Gasteiger partial charge is 0.368 e. The third kappa shape index (κ3) is 4.33. The van der Waals surface area contributed by atoms with Gasteiger partial charge in [-0.15, -0.1) is 12.4 Å². The molecule has 2 fully saturated rings. The van der Waals surface area contributed by atoms with Gasteiger partial charge in [-0.2, -0.15) is 4.98 Å². The number of piperazine rings is 1. The summed E-state index contributed by atoms with van der Waals surface area (Å²) in [4.78, 5) is 28.1. The van der Waals surface area contributed by atoms with Crippen LogP contribution in [-0.4, -0.2) is 45.7 Å². The molecule has 164 valence electrons. The van der Waals surface area contributed by atoms with Crippen molar-refractivity contribution in [1.29, 1.82) is 0 Å². The number of rotatable bonds is 4. The molecule has 0 spiro atoms. The highest BCUT2D eigenvalue weighted by atomic mass is 35.5. The second-order valence-electron chi connectivity index (χ2n) is 7.84. The highest BCUT2D eigenvalue weighted by Crippen LogP contribution is 2.30. The van der Waals surface area contributed by atoms with Crippen LogP contribution in [0, 0.1) is 5.82 Å². The van der Waals surface area contributed by atoms with Crippen LogP contribution in [0.3, 0.4) is 0 Å². The Morgan fingerprint density at radius 2 is 1.87 bits per heavy atom. The molecule has 2 N–H and O–H groups in total. The zero-order valence-corrected chi connectivity index (χ0v) is 17.9. The molecule has 1 saturated heterocycles. The number of aromatic nitrogens is 4. The summed E-state index contributed by atoms with van der Waals surface area (Å²) < 4.78 is 15.7. The Bertz CT molecular complexity index is 1110. The number of hydrogen-bond acceptors (Lipinski definition) is 7. The van der Waals surface area contributed by atoms with Gasteiger partial charge in [0.1, 0.15) is 11.5 Å². The van der Waals surface area contributed by atoms with Crippen LogP contribution in [0.1, 0.15) is 31.7 Å². The lowest BCUT2D eigenvalue weighted by molar-refractivity contribution is 0.489. The standard InChI is InChI=1S/C21H24FN7O.ClH/c22-17-11-14-12-25-21(27-19(14)29(20(17)30)15-3-1-2-4-15)26-18-6-5-16(13-24-18)28-9-7-23-8-10-28;/h5-6,11-13,15,23H,1-4,7-10H2,(H,24,25,26,27);1H. The molecule has 1 aliphatic carbocycles. The quantitative estimate of drug-likeness (QED) is 0.638. The molecular weight excluding hydrogens is 421 g/mol. The molecular formula is C21H25ClFN7O. The highest BCUT2D eigenvalue weighted by molar-refractivity contribution is 5.85. The number of pyridine rings is 2. The number of anilines is 3. The van der Waals surface area contributed by atoms with Gasteiger partial charge in [0.15, 0.2) is 5.82 Å². The second-order valence-corrected chi connectivity index (χ2v) is 7.84. The van der Waals surface area contributed by atoms with E-state index in [4.69, 9.17) is 0 Å². The number of nitrogens with one attached hydrogen (secondary N) is 2. The average Bonchev–Trinajstić information content (AvgIpc) is 3.30. The minimum Gasteiger partial charge on any atom is -0.368 e. The molecule has 1 saturated carbocycles. The maximum absolute atomic E-state index is 14.2. The Morgan fingerprint density at radius 1 is 1.10 bits per heavy atom. The van der Waals surface area contributed by atoms with Crippen molar-refractivity contribution in [2.24, 2.45) is 0 Å². The van der Waals surface area contributed by atoms with E-state index in [1.165, 1.54) is 10.6 Å². The van der Waals surface area contributed by atoms with E-state index in [2.05, 4.69) is 30.5 Å².